The fourth-order valence-corrected chi connectivity index (χ4v) is 3.06. The topological polar surface area (TPSA) is 79.6 Å². The fraction of sp³-hybridized carbons (Fsp3) is 0.571. The molecule has 1 aliphatic rings. The highest BCUT2D eigenvalue weighted by molar-refractivity contribution is 5.91. The van der Waals surface area contributed by atoms with Gasteiger partial charge in [-0.25, -0.2) is 4.79 Å². The normalized spacial score (nSPS) is 16.5. The predicted molar refractivity (Wildman–Crippen MR) is 102 cm³/mol. The Balaban J connectivity index is 2.20. The van der Waals surface area contributed by atoms with Crippen molar-refractivity contribution in [1.29, 1.82) is 5.26 Å². The Labute approximate surface area is 161 Å². The number of hydrogen-bond acceptors (Lipinski definition) is 5. The van der Waals surface area contributed by atoms with E-state index in [0.29, 0.717) is 18.4 Å². The van der Waals surface area contributed by atoms with Crippen LogP contribution in [0, 0.1) is 11.3 Å². The molecule has 1 aromatic rings. The van der Waals surface area contributed by atoms with Gasteiger partial charge in [-0.2, -0.15) is 5.26 Å². The third-order valence-electron chi connectivity index (χ3n) is 3.98. The lowest BCUT2D eigenvalue weighted by Gasteiger charge is -2.29. The molecule has 6 heteroatoms. The summed E-state index contributed by atoms with van der Waals surface area (Å²) in [6.07, 6.45) is 0.804. The highest BCUT2D eigenvalue weighted by Gasteiger charge is 2.37. The molecule has 27 heavy (non-hydrogen) atoms. The fourth-order valence-electron chi connectivity index (χ4n) is 3.06. The Morgan fingerprint density at radius 2 is 1.78 bits per heavy atom. The molecule has 1 aliphatic heterocycles. The van der Waals surface area contributed by atoms with E-state index in [0.717, 1.165) is 11.3 Å². The molecular formula is C21H28N2O4. The Morgan fingerprint density at radius 1 is 1.15 bits per heavy atom. The average molecular weight is 372 g/mol. The van der Waals surface area contributed by atoms with Crippen molar-refractivity contribution in [1.82, 2.24) is 0 Å². The first kappa shape index (κ1) is 20.8. The van der Waals surface area contributed by atoms with E-state index in [-0.39, 0.29) is 18.4 Å². The number of nitrogens with zero attached hydrogens (tertiary/aromatic N) is 2. The molecule has 0 aliphatic carbocycles. The van der Waals surface area contributed by atoms with Gasteiger partial charge in [0.15, 0.2) is 0 Å². The number of carbonyl (C=O) groups excluding carboxylic acids is 2. The lowest BCUT2D eigenvalue weighted by molar-refractivity contribution is -0.155. The van der Waals surface area contributed by atoms with Crippen molar-refractivity contribution in [2.45, 2.75) is 78.0 Å². The zero-order valence-electron chi connectivity index (χ0n) is 17.0. The van der Waals surface area contributed by atoms with Crippen LogP contribution in [0.5, 0.6) is 0 Å². The van der Waals surface area contributed by atoms with Gasteiger partial charge >= 0.3 is 12.1 Å². The third kappa shape index (κ3) is 5.72. The smallest absolute Gasteiger partial charge is 0.415 e. The Bertz CT molecular complexity index is 766. The highest BCUT2D eigenvalue weighted by atomic mass is 16.6. The van der Waals surface area contributed by atoms with E-state index in [4.69, 9.17) is 14.7 Å². The molecule has 1 amide bonds. The molecule has 2 rings (SSSR count). The van der Waals surface area contributed by atoms with Gasteiger partial charge in [0.05, 0.1) is 17.3 Å². The summed E-state index contributed by atoms with van der Waals surface area (Å²) in [4.78, 5) is 26.5. The Hall–Kier alpha value is -2.55. The average Bonchev–Trinajstić information content (AvgIpc) is 2.86. The first-order chi connectivity index (χ1) is 12.4. The molecule has 0 unspecified atom stereocenters. The molecular weight excluding hydrogens is 344 g/mol. The van der Waals surface area contributed by atoms with Crippen LogP contribution in [0.4, 0.5) is 10.5 Å². The predicted octanol–water partition coefficient (Wildman–Crippen LogP) is 4.35. The van der Waals surface area contributed by atoms with Crippen LogP contribution >= 0.6 is 0 Å². The summed E-state index contributed by atoms with van der Waals surface area (Å²) in [5.74, 6) is -0.291. The van der Waals surface area contributed by atoms with Gasteiger partial charge in [-0.05, 0) is 78.1 Å². The van der Waals surface area contributed by atoms with Crippen LogP contribution in [-0.4, -0.2) is 29.3 Å². The van der Waals surface area contributed by atoms with Crippen molar-refractivity contribution in [3.63, 3.8) is 0 Å². The third-order valence-corrected chi connectivity index (χ3v) is 3.98. The molecule has 0 bridgehead atoms. The number of fused-ring (bicyclic) bond motifs is 1. The number of anilines is 1. The van der Waals surface area contributed by atoms with Crippen molar-refractivity contribution < 1.29 is 19.1 Å². The van der Waals surface area contributed by atoms with Gasteiger partial charge in [0, 0.05) is 12.5 Å². The van der Waals surface area contributed by atoms with Gasteiger partial charge in [-0.15, -0.1) is 0 Å². The van der Waals surface area contributed by atoms with Crippen LogP contribution in [0.25, 0.3) is 0 Å². The quantitative estimate of drug-likeness (QED) is 0.737. The van der Waals surface area contributed by atoms with Gasteiger partial charge in [0.25, 0.3) is 0 Å². The van der Waals surface area contributed by atoms with E-state index in [1.54, 1.807) is 23.1 Å². The summed E-state index contributed by atoms with van der Waals surface area (Å²) in [6.45, 7) is 10.9. The minimum Gasteiger partial charge on any atom is -0.460 e. The maximum absolute atomic E-state index is 12.8. The van der Waals surface area contributed by atoms with Crippen LogP contribution < -0.4 is 4.90 Å². The first-order valence-electron chi connectivity index (χ1n) is 9.17. The second-order valence-electron chi connectivity index (χ2n) is 8.79. The molecule has 0 spiro atoms. The lowest BCUT2D eigenvalue weighted by Crippen LogP contribution is -2.41. The standard InChI is InChI=1S/C21H28N2O4/c1-20(2,3)26-18(24)10-8-16-12-15-11-14(13-22)7-9-17(15)23(16)19(25)27-21(4,5)6/h7,9,11,16H,8,10,12H2,1-6H3/t16-/m1/s1. The number of carbonyl (C=O) groups is 2. The van der Waals surface area contributed by atoms with E-state index in [1.807, 2.05) is 41.5 Å². The Kier molecular flexibility index (Phi) is 5.84. The van der Waals surface area contributed by atoms with E-state index in [9.17, 15) is 9.59 Å². The molecule has 1 atom stereocenters. The minimum absolute atomic E-state index is 0.209. The first-order valence-corrected chi connectivity index (χ1v) is 9.17. The molecule has 146 valence electrons. The van der Waals surface area contributed by atoms with Crippen molar-refractivity contribution in [3.05, 3.63) is 29.3 Å². The summed E-state index contributed by atoms with van der Waals surface area (Å²) >= 11 is 0. The number of amides is 1. The molecule has 1 aromatic carbocycles. The van der Waals surface area contributed by atoms with Crippen molar-refractivity contribution in [3.8, 4) is 6.07 Å². The van der Waals surface area contributed by atoms with Crippen LogP contribution in [0.3, 0.4) is 0 Å². The molecule has 0 fully saturated rings. The SMILES string of the molecule is CC(C)(C)OC(=O)CC[C@@H]1Cc2cc(C#N)ccc2N1C(=O)OC(C)(C)C. The summed E-state index contributed by atoms with van der Waals surface area (Å²) in [5, 5.41) is 9.13. The molecule has 0 radical (unpaired) electrons. The second-order valence-corrected chi connectivity index (χ2v) is 8.79. The van der Waals surface area contributed by atoms with E-state index in [1.165, 1.54) is 0 Å². The number of benzene rings is 1. The highest BCUT2D eigenvalue weighted by Crippen LogP contribution is 2.36. The maximum Gasteiger partial charge on any atom is 0.415 e. The van der Waals surface area contributed by atoms with Crippen molar-refractivity contribution in [2.24, 2.45) is 0 Å². The minimum atomic E-state index is -0.623. The van der Waals surface area contributed by atoms with Gasteiger partial charge in [0.2, 0.25) is 0 Å². The zero-order chi connectivity index (χ0) is 20.4. The molecule has 0 N–H and O–H groups in total. The van der Waals surface area contributed by atoms with E-state index < -0.39 is 17.3 Å². The summed E-state index contributed by atoms with van der Waals surface area (Å²) in [7, 11) is 0. The number of rotatable bonds is 3. The van der Waals surface area contributed by atoms with Crippen LogP contribution in [0.2, 0.25) is 0 Å². The molecule has 6 nitrogen and oxygen atoms in total. The van der Waals surface area contributed by atoms with Gasteiger partial charge in [-0.3, -0.25) is 9.69 Å². The van der Waals surface area contributed by atoms with Crippen LogP contribution in [0.15, 0.2) is 18.2 Å². The van der Waals surface area contributed by atoms with Gasteiger partial charge in [0.1, 0.15) is 11.2 Å². The van der Waals surface area contributed by atoms with E-state index in [2.05, 4.69) is 6.07 Å². The molecule has 0 saturated heterocycles. The van der Waals surface area contributed by atoms with Crippen molar-refractivity contribution in [2.75, 3.05) is 4.90 Å². The zero-order valence-corrected chi connectivity index (χ0v) is 17.0. The monoisotopic (exact) mass is 372 g/mol. The van der Waals surface area contributed by atoms with Gasteiger partial charge in [-0.1, -0.05) is 0 Å². The van der Waals surface area contributed by atoms with Crippen LogP contribution in [0.1, 0.15) is 65.5 Å². The molecule has 0 saturated carbocycles. The largest absolute Gasteiger partial charge is 0.460 e. The van der Waals surface area contributed by atoms with Gasteiger partial charge < -0.3 is 9.47 Å². The summed E-state index contributed by atoms with van der Waals surface area (Å²) < 4.78 is 10.9. The number of hydrogen-bond donors (Lipinski definition) is 0. The van der Waals surface area contributed by atoms with Crippen LogP contribution in [-0.2, 0) is 20.7 Å². The number of ether oxygens (including phenoxy) is 2. The van der Waals surface area contributed by atoms with Crippen molar-refractivity contribution >= 4 is 17.7 Å². The second kappa shape index (κ2) is 7.59. The Morgan fingerprint density at radius 3 is 2.33 bits per heavy atom. The maximum atomic E-state index is 12.8. The summed E-state index contributed by atoms with van der Waals surface area (Å²) in [6, 6.07) is 7.16. The molecule has 1 heterocycles. The number of esters is 1. The van der Waals surface area contributed by atoms with E-state index >= 15 is 0 Å². The molecule has 0 aromatic heterocycles. The summed E-state index contributed by atoms with van der Waals surface area (Å²) in [5.41, 5.74) is 1.03. The number of nitriles is 1. The lowest BCUT2D eigenvalue weighted by atomic mass is 10.0.